The summed E-state index contributed by atoms with van der Waals surface area (Å²) in [6, 6.07) is 0.638. The number of carbonyl (C=O) groups excluding carboxylic acids is 2. The fourth-order valence-electron chi connectivity index (χ4n) is 2.78. The van der Waals surface area contributed by atoms with Gasteiger partial charge in [-0.3, -0.25) is 19.4 Å². The van der Waals surface area contributed by atoms with Crippen LogP contribution in [0.4, 0.5) is 0 Å². The van der Waals surface area contributed by atoms with Crippen molar-refractivity contribution in [1.82, 2.24) is 15.1 Å². The van der Waals surface area contributed by atoms with Crippen molar-refractivity contribution in [3.05, 3.63) is 0 Å². The highest BCUT2D eigenvalue weighted by Gasteiger charge is 2.37. The molecule has 0 bridgehead atoms. The van der Waals surface area contributed by atoms with E-state index in [0.29, 0.717) is 25.0 Å². The van der Waals surface area contributed by atoms with Gasteiger partial charge in [0, 0.05) is 31.7 Å². The lowest BCUT2D eigenvalue weighted by Crippen LogP contribution is -2.45. The Morgan fingerprint density at radius 3 is 2.35 bits per heavy atom. The summed E-state index contributed by atoms with van der Waals surface area (Å²) < 4.78 is 0. The van der Waals surface area contributed by atoms with Crippen molar-refractivity contribution < 1.29 is 9.59 Å². The third-order valence-electron chi connectivity index (χ3n) is 3.78. The van der Waals surface area contributed by atoms with Crippen molar-refractivity contribution in [2.75, 3.05) is 19.6 Å². The van der Waals surface area contributed by atoms with E-state index in [9.17, 15) is 9.59 Å². The van der Waals surface area contributed by atoms with E-state index in [1.165, 1.54) is 4.90 Å². The molecule has 20 heavy (non-hydrogen) atoms. The number of likely N-dealkylation sites (tertiary alicyclic amines) is 1. The van der Waals surface area contributed by atoms with E-state index in [1.54, 1.807) is 0 Å². The highest BCUT2D eigenvalue weighted by atomic mass is 16.2. The van der Waals surface area contributed by atoms with Crippen molar-refractivity contribution in [1.29, 1.82) is 0 Å². The van der Waals surface area contributed by atoms with Gasteiger partial charge in [-0.15, -0.1) is 0 Å². The lowest BCUT2D eigenvalue weighted by atomic mass is 10.2. The molecule has 1 atom stereocenters. The zero-order valence-corrected chi connectivity index (χ0v) is 13.5. The molecule has 1 unspecified atom stereocenters. The van der Waals surface area contributed by atoms with Gasteiger partial charge in [0.1, 0.15) is 0 Å². The van der Waals surface area contributed by atoms with E-state index in [-0.39, 0.29) is 17.9 Å². The van der Waals surface area contributed by atoms with Gasteiger partial charge in [-0.1, -0.05) is 6.92 Å². The summed E-state index contributed by atoms with van der Waals surface area (Å²) in [5.41, 5.74) is 0. The molecular formula is C15H29N3O2. The van der Waals surface area contributed by atoms with Crippen LogP contribution in [-0.2, 0) is 9.59 Å². The van der Waals surface area contributed by atoms with Crippen molar-refractivity contribution in [3.8, 4) is 0 Å². The summed E-state index contributed by atoms with van der Waals surface area (Å²) in [7, 11) is 0. The van der Waals surface area contributed by atoms with Crippen LogP contribution >= 0.6 is 0 Å². The third kappa shape index (κ3) is 4.28. The molecule has 5 nitrogen and oxygen atoms in total. The molecule has 0 aromatic heterocycles. The number of carbonyl (C=O) groups is 2. The highest BCUT2D eigenvalue weighted by molar-refractivity contribution is 6.05. The van der Waals surface area contributed by atoms with E-state index in [1.807, 2.05) is 6.92 Å². The molecule has 1 aliphatic heterocycles. The first-order valence-corrected chi connectivity index (χ1v) is 7.71. The fourth-order valence-corrected chi connectivity index (χ4v) is 2.78. The molecule has 1 aliphatic rings. The summed E-state index contributed by atoms with van der Waals surface area (Å²) >= 11 is 0. The van der Waals surface area contributed by atoms with Crippen molar-refractivity contribution in [2.24, 2.45) is 0 Å². The Morgan fingerprint density at radius 1 is 1.25 bits per heavy atom. The van der Waals surface area contributed by atoms with Gasteiger partial charge in [0.2, 0.25) is 11.8 Å². The lowest BCUT2D eigenvalue weighted by molar-refractivity contribution is -0.138. The fraction of sp³-hybridized carbons (Fsp3) is 0.867. The average Bonchev–Trinajstić information content (AvgIpc) is 2.62. The van der Waals surface area contributed by atoms with Gasteiger partial charge in [-0.25, -0.2) is 0 Å². The quantitative estimate of drug-likeness (QED) is 0.681. The van der Waals surface area contributed by atoms with E-state index >= 15 is 0 Å². The molecule has 1 heterocycles. The molecule has 116 valence electrons. The number of hydrogen-bond donors (Lipinski definition) is 1. The van der Waals surface area contributed by atoms with Crippen LogP contribution in [-0.4, -0.2) is 59.4 Å². The zero-order chi connectivity index (χ0) is 15.3. The van der Waals surface area contributed by atoms with Gasteiger partial charge in [-0.2, -0.15) is 0 Å². The highest BCUT2D eigenvalue weighted by Crippen LogP contribution is 2.13. The lowest BCUT2D eigenvalue weighted by Gasteiger charge is -2.30. The maximum Gasteiger partial charge on any atom is 0.246 e. The summed E-state index contributed by atoms with van der Waals surface area (Å²) in [6.45, 7) is 12.8. The van der Waals surface area contributed by atoms with Gasteiger partial charge in [0.25, 0.3) is 0 Å². The Labute approximate surface area is 122 Å². The van der Waals surface area contributed by atoms with E-state index in [0.717, 1.165) is 19.5 Å². The van der Waals surface area contributed by atoms with Crippen molar-refractivity contribution >= 4 is 11.8 Å². The Kier molecular flexibility index (Phi) is 6.62. The van der Waals surface area contributed by atoms with Crippen LogP contribution in [0.15, 0.2) is 0 Å². The third-order valence-corrected chi connectivity index (χ3v) is 3.78. The molecule has 0 aromatic carbocycles. The maximum absolute atomic E-state index is 12.1. The second kappa shape index (κ2) is 7.74. The standard InChI is InChI=1S/C15H29N3O2/c1-6-8-18-14(19)10-13(15(18)20)16-7-9-17(11(2)3)12(4)5/h11-13,16H,6-10H2,1-5H3. The smallest absolute Gasteiger partial charge is 0.246 e. The van der Waals surface area contributed by atoms with E-state index in [4.69, 9.17) is 0 Å². The van der Waals surface area contributed by atoms with Crippen LogP contribution in [0.2, 0.25) is 0 Å². The topological polar surface area (TPSA) is 52.7 Å². The number of hydrogen-bond acceptors (Lipinski definition) is 4. The minimum Gasteiger partial charge on any atom is -0.304 e. The molecule has 0 aromatic rings. The van der Waals surface area contributed by atoms with Crippen LogP contribution in [0.25, 0.3) is 0 Å². The van der Waals surface area contributed by atoms with Gasteiger partial charge >= 0.3 is 0 Å². The van der Waals surface area contributed by atoms with Gasteiger partial charge < -0.3 is 5.32 Å². The van der Waals surface area contributed by atoms with Crippen molar-refractivity contribution in [2.45, 2.75) is 65.6 Å². The predicted octanol–water partition coefficient (Wildman–Crippen LogP) is 1.23. The first-order chi connectivity index (χ1) is 9.38. The summed E-state index contributed by atoms with van der Waals surface area (Å²) in [5.74, 6) is -0.101. The summed E-state index contributed by atoms with van der Waals surface area (Å²) in [5, 5.41) is 3.24. The number of nitrogens with zero attached hydrogens (tertiary/aromatic N) is 2. The Hall–Kier alpha value is -0.940. The van der Waals surface area contributed by atoms with Crippen molar-refractivity contribution in [3.63, 3.8) is 0 Å². The second-order valence-corrected chi connectivity index (χ2v) is 6.02. The van der Waals surface area contributed by atoms with Crippen LogP contribution in [0.5, 0.6) is 0 Å². The predicted molar refractivity (Wildman–Crippen MR) is 80.4 cm³/mol. The SMILES string of the molecule is CCCN1C(=O)CC(NCCN(C(C)C)C(C)C)C1=O. The summed E-state index contributed by atoms with van der Waals surface area (Å²) in [4.78, 5) is 27.6. The largest absolute Gasteiger partial charge is 0.304 e. The Morgan fingerprint density at radius 2 is 1.85 bits per heavy atom. The molecule has 1 rings (SSSR count). The minimum absolute atomic E-state index is 0.0427. The summed E-state index contributed by atoms with van der Waals surface area (Å²) in [6.07, 6.45) is 1.13. The molecule has 0 radical (unpaired) electrons. The Bertz CT molecular complexity index is 334. The number of nitrogens with one attached hydrogen (secondary N) is 1. The van der Waals surface area contributed by atoms with Crippen LogP contribution in [0.3, 0.4) is 0 Å². The average molecular weight is 283 g/mol. The second-order valence-electron chi connectivity index (χ2n) is 6.02. The normalized spacial score (nSPS) is 20.0. The van der Waals surface area contributed by atoms with Crippen LogP contribution in [0.1, 0.15) is 47.5 Å². The van der Waals surface area contributed by atoms with Crippen LogP contribution in [0, 0.1) is 0 Å². The first-order valence-electron chi connectivity index (χ1n) is 7.71. The molecule has 2 amide bonds. The molecule has 1 N–H and O–H groups in total. The van der Waals surface area contributed by atoms with E-state index in [2.05, 4.69) is 37.9 Å². The van der Waals surface area contributed by atoms with Crippen LogP contribution < -0.4 is 5.32 Å². The molecule has 1 saturated heterocycles. The van der Waals surface area contributed by atoms with Gasteiger partial charge in [0.05, 0.1) is 12.5 Å². The first kappa shape index (κ1) is 17.1. The molecule has 1 fully saturated rings. The molecule has 0 aliphatic carbocycles. The molecule has 0 spiro atoms. The molecule has 5 heteroatoms. The number of amides is 2. The monoisotopic (exact) mass is 283 g/mol. The maximum atomic E-state index is 12.1. The number of imide groups is 1. The number of rotatable bonds is 8. The molecular weight excluding hydrogens is 254 g/mol. The Balaban J connectivity index is 2.43. The molecule has 0 saturated carbocycles. The minimum atomic E-state index is -0.324. The zero-order valence-electron chi connectivity index (χ0n) is 13.5. The van der Waals surface area contributed by atoms with E-state index < -0.39 is 0 Å². The van der Waals surface area contributed by atoms with Gasteiger partial charge in [-0.05, 0) is 34.1 Å². The van der Waals surface area contributed by atoms with Gasteiger partial charge in [0.15, 0.2) is 0 Å².